The molecule has 2 aromatic rings. The van der Waals surface area contributed by atoms with E-state index in [1.54, 1.807) is 0 Å². The molecule has 88 valence electrons. The average Bonchev–Trinajstić information content (AvgIpc) is 2.97. The zero-order valence-corrected chi connectivity index (χ0v) is 10.0. The summed E-state index contributed by atoms with van der Waals surface area (Å²) in [6.07, 6.45) is 4.83. The monoisotopic (exact) mass is 248 g/mol. The predicted molar refractivity (Wildman–Crippen MR) is 65.6 cm³/mol. The van der Waals surface area contributed by atoms with Crippen molar-refractivity contribution in [2.24, 2.45) is 0 Å². The van der Waals surface area contributed by atoms with Crippen LogP contribution in [0.2, 0.25) is 0 Å². The second-order valence-corrected chi connectivity index (χ2v) is 5.21. The molecule has 0 amide bonds. The minimum absolute atomic E-state index is 0.0878. The molecular weight excluding hydrogens is 236 g/mol. The van der Waals surface area contributed by atoms with Crippen LogP contribution in [0.25, 0.3) is 10.2 Å². The van der Waals surface area contributed by atoms with Crippen LogP contribution in [0.4, 0.5) is 0 Å². The maximum atomic E-state index is 11.0. The van der Waals surface area contributed by atoms with Crippen molar-refractivity contribution in [1.82, 2.24) is 9.36 Å². The quantitative estimate of drug-likeness (QED) is 0.887. The van der Waals surface area contributed by atoms with Crippen molar-refractivity contribution in [3.8, 4) is 0 Å². The summed E-state index contributed by atoms with van der Waals surface area (Å²) in [6.45, 7) is 0. The zero-order valence-electron chi connectivity index (χ0n) is 9.22. The number of rotatable bonds is 2. The summed E-state index contributed by atoms with van der Waals surface area (Å²) < 4.78 is 4.79. The van der Waals surface area contributed by atoms with Crippen molar-refractivity contribution in [3.05, 3.63) is 23.5 Å². The molecule has 0 radical (unpaired) electrons. The van der Waals surface area contributed by atoms with Gasteiger partial charge in [0, 0.05) is 11.6 Å². The second-order valence-electron chi connectivity index (χ2n) is 4.40. The SMILES string of the molecule is O=C(O)c1nsc2ccc(C3CCCC3)nc12. The van der Waals surface area contributed by atoms with E-state index in [1.807, 2.05) is 12.1 Å². The van der Waals surface area contributed by atoms with Crippen LogP contribution >= 0.6 is 11.5 Å². The van der Waals surface area contributed by atoms with E-state index in [2.05, 4.69) is 9.36 Å². The van der Waals surface area contributed by atoms with Gasteiger partial charge in [0.25, 0.3) is 0 Å². The molecule has 1 N–H and O–H groups in total. The Morgan fingerprint density at radius 2 is 2.12 bits per heavy atom. The van der Waals surface area contributed by atoms with E-state index in [-0.39, 0.29) is 5.69 Å². The Morgan fingerprint density at radius 1 is 1.35 bits per heavy atom. The van der Waals surface area contributed by atoms with Gasteiger partial charge in [0.1, 0.15) is 5.52 Å². The van der Waals surface area contributed by atoms with E-state index in [9.17, 15) is 4.79 Å². The highest BCUT2D eigenvalue weighted by Gasteiger charge is 2.21. The molecule has 4 nitrogen and oxygen atoms in total. The lowest BCUT2D eigenvalue weighted by Gasteiger charge is -2.07. The number of fused-ring (bicyclic) bond motifs is 1. The lowest BCUT2D eigenvalue weighted by atomic mass is 10.0. The zero-order chi connectivity index (χ0) is 11.8. The third-order valence-corrected chi connectivity index (χ3v) is 4.12. The fourth-order valence-electron chi connectivity index (χ4n) is 2.43. The van der Waals surface area contributed by atoms with Gasteiger partial charge in [-0.05, 0) is 36.5 Å². The number of pyridine rings is 1. The van der Waals surface area contributed by atoms with Crippen molar-refractivity contribution in [2.45, 2.75) is 31.6 Å². The van der Waals surface area contributed by atoms with Crippen LogP contribution < -0.4 is 0 Å². The largest absolute Gasteiger partial charge is 0.476 e. The maximum absolute atomic E-state index is 11.0. The molecule has 0 atom stereocenters. The summed E-state index contributed by atoms with van der Waals surface area (Å²) in [4.78, 5) is 15.5. The number of hydrogen-bond acceptors (Lipinski definition) is 4. The molecule has 5 heteroatoms. The van der Waals surface area contributed by atoms with Crippen molar-refractivity contribution >= 4 is 27.7 Å². The molecule has 1 aliphatic carbocycles. The van der Waals surface area contributed by atoms with E-state index in [0.29, 0.717) is 11.4 Å². The predicted octanol–water partition coefficient (Wildman–Crippen LogP) is 3.05. The fourth-order valence-corrected chi connectivity index (χ4v) is 3.14. The van der Waals surface area contributed by atoms with Gasteiger partial charge in [-0.25, -0.2) is 9.78 Å². The van der Waals surface area contributed by atoms with Gasteiger partial charge in [0.05, 0.1) is 4.70 Å². The molecule has 0 spiro atoms. The Hall–Kier alpha value is -1.49. The van der Waals surface area contributed by atoms with Gasteiger partial charge < -0.3 is 5.11 Å². The maximum Gasteiger partial charge on any atom is 0.357 e. The van der Waals surface area contributed by atoms with Crippen LogP contribution in [0.5, 0.6) is 0 Å². The summed E-state index contributed by atoms with van der Waals surface area (Å²) >= 11 is 1.20. The lowest BCUT2D eigenvalue weighted by Crippen LogP contribution is -2.00. The smallest absolute Gasteiger partial charge is 0.357 e. The summed E-state index contributed by atoms with van der Waals surface area (Å²) in [5.74, 6) is -0.492. The van der Waals surface area contributed by atoms with Crippen molar-refractivity contribution in [3.63, 3.8) is 0 Å². The average molecular weight is 248 g/mol. The highest BCUT2D eigenvalue weighted by atomic mass is 32.1. The molecule has 0 aliphatic heterocycles. The Balaban J connectivity index is 2.09. The van der Waals surface area contributed by atoms with Crippen LogP contribution in [0, 0.1) is 0 Å². The van der Waals surface area contributed by atoms with Crippen molar-refractivity contribution < 1.29 is 9.90 Å². The molecule has 1 saturated carbocycles. The molecule has 2 aromatic heterocycles. The molecule has 2 heterocycles. The van der Waals surface area contributed by atoms with E-state index in [1.165, 1.54) is 37.2 Å². The third-order valence-electron chi connectivity index (χ3n) is 3.32. The standard InChI is InChI=1S/C12H12N2O2S/c15-12(16)11-10-9(17-14-11)6-5-8(13-10)7-3-1-2-4-7/h5-7H,1-4H2,(H,15,16). The van der Waals surface area contributed by atoms with E-state index < -0.39 is 5.97 Å². The van der Waals surface area contributed by atoms with Gasteiger partial charge >= 0.3 is 5.97 Å². The van der Waals surface area contributed by atoms with Crippen molar-refractivity contribution in [1.29, 1.82) is 0 Å². The van der Waals surface area contributed by atoms with Gasteiger partial charge in [0.15, 0.2) is 5.69 Å². The molecule has 0 unspecified atom stereocenters. The summed E-state index contributed by atoms with van der Waals surface area (Å²) in [5, 5.41) is 9.03. The Bertz CT molecular complexity index is 573. The highest BCUT2D eigenvalue weighted by Crippen LogP contribution is 2.34. The van der Waals surface area contributed by atoms with Gasteiger partial charge in [-0.2, -0.15) is 4.37 Å². The number of hydrogen-bond donors (Lipinski definition) is 1. The van der Waals surface area contributed by atoms with Crippen LogP contribution in [0.15, 0.2) is 12.1 Å². The van der Waals surface area contributed by atoms with E-state index in [4.69, 9.17) is 5.11 Å². The normalized spacial score (nSPS) is 16.7. The Labute approximate surface area is 102 Å². The summed E-state index contributed by atoms with van der Waals surface area (Å²) in [6, 6.07) is 3.96. The molecule has 0 saturated heterocycles. The number of carboxylic acid groups (broad SMARTS) is 1. The molecule has 1 aliphatic rings. The van der Waals surface area contributed by atoms with Gasteiger partial charge in [-0.3, -0.25) is 0 Å². The molecule has 0 aromatic carbocycles. The number of aromatic carboxylic acids is 1. The minimum atomic E-state index is -0.993. The highest BCUT2D eigenvalue weighted by molar-refractivity contribution is 7.13. The molecule has 0 bridgehead atoms. The molecular formula is C12H12N2O2S. The summed E-state index contributed by atoms with van der Waals surface area (Å²) in [5.41, 5.74) is 1.66. The number of aromatic nitrogens is 2. The van der Waals surface area contributed by atoms with Crippen LogP contribution in [0.1, 0.15) is 47.8 Å². The van der Waals surface area contributed by atoms with Gasteiger partial charge in [-0.1, -0.05) is 12.8 Å². The lowest BCUT2D eigenvalue weighted by molar-refractivity contribution is 0.0694. The first kappa shape index (κ1) is 10.7. The number of nitrogens with zero attached hydrogens (tertiary/aromatic N) is 2. The number of carboxylic acids is 1. The Morgan fingerprint density at radius 3 is 2.82 bits per heavy atom. The fraction of sp³-hybridized carbons (Fsp3) is 0.417. The van der Waals surface area contributed by atoms with Gasteiger partial charge in [0.2, 0.25) is 0 Å². The molecule has 3 rings (SSSR count). The first-order valence-corrected chi connectivity index (χ1v) is 6.52. The van der Waals surface area contributed by atoms with Crippen LogP contribution in [0.3, 0.4) is 0 Å². The molecule has 17 heavy (non-hydrogen) atoms. The van der Waals surface area contributed by atoms with Crippen molar-refractivity contribution in [2.75, 3.05) is 0 Å². The van der Waals surface area contributed by atoms with E-state index >= 15 is 0 Å². The number of carbonyl (C=O) groups is 1. The van der Waals surface area contributed by atoms with Crippen LogP contribution in [-0.4, -0.2) is 20.4 Å². The van der Waals surface area contributed by atoms with E-state index in [0.717, 1.165) is 10.4 Å². The summed E-state index contributed by atoms with van der Waals surface area (Å²) in [7, 11) is 0. The second kappa shape index (κ2) is 4.07. The first-order chi connectivity index (χ1) is 8.25. The first-order valence-electron chi connectivity index (χ1n) is 5.75. The molecule has 1 fully saturated rings. The minimum Gasteiger partial charge on any atom is -0.476 e. The topological polar surface area (TPSA) is 63.1 Å². The van der Waals surface area contributed by atoms with Gasteiger partial charge in [-0.15, -0.1) is 0 Å². The third kappa shape index (κ3) is 1.80. The van der Waals surface area contributed by atoms with Crippen LogP contribution in [-0.2, 0) is 0 Å². The Kier molecular flexibility index (Phi) is 2.55.